The van der Waals surface area contributed by atoms with E-state index in [1.807, 2.05) is 24.3 Å². The van der Waals surface area contributed by atoms with Gasteiger partial charge in [-0.15, -0.1) is 0 Å². The Balaban J connectivity index is 0.000000301. The lowest BCUT2D eigenvalue weighted by molar-refractivity contribution is 0.480. The number of halogens is 3. The quantitative estimate of drug-likeness (QED) is 0.205. The molecule has 0 radical (unpaired) electrons. The SMILES string of the molecule is C.C.Fc1ccc(Oc2ccc(I)cc2)cc1.Nc1ccc(Oc2ccc(F)cc2)cc1. The number of nitrogens with two attached hydrogens (primary N) is 1. The highest BCUT2D eigenvalue weighted by molar-refractivity contribution is 14.1. The molecule has 0 heterocycles. The third-order valence-electron chi connectivity index (χ3n) is 3.79. The summed E-state index contributed by atoms with van der Waals surface area (Å²) in [5.74, 6) is 2.13. The van der Waals surface area contributed by atoms with Crippen LogP contribution in [-0.4, -0.2) is 0 Å². The van der Waals surface area contributed by atoms with E-state index < -0.39 is 0 Å². The topological polar surface area (TPSA) is 44.5 Å². The normalized spacial score (nSPS) is 9.34. The minimum absolute atomic E-state index is 0. The third kappa shape index (κ3) is 8.93. The molecular weight excluding hydrogens is 523 g/mol. The molecule has 4 aromatic carbocycles. The van der Waals surface area contributed by atoms with Crippen molar-refractivity contribution in [1.29, 1.82) is 0 Å². The summed E-state index contributed by atoms with van der Waals surface area (Å²) in [7, 11) is 0. The monoisotopic (exact) mass is 549 g/mol. The number of rotatable bonds is 4. The van der Waals surface area contributed by atoms with Gasteiger partial charge in [-0.2, -0.15) is 0 Å². The Morgan fingerprint density at radius 2 is 0.781 bits per heavy atom. The van der Waals surface area contributed by atoms with Crippen LogP contribution in [0.4, 0.5) is 14.5 Å². The lowest BCUT2D eigenvalue weighted by Crippen LogP contribution is -1.86. The van der Waals surface area contributed by atoms with E-state index in [1.165, 1.54) is 24.3 Å². The molecule has 0 atom stereocenters. The lowest BCUT2D eigenvalue weighted by Gasteiger charge is -2.05. The molecule has 0 unspecified atom stereocenters. The highest BCUT2D eigenvalue weighted by atomic mass is 127. The summed E-state index contributed by atoms with van der Waals surface area (Å²) >= 11 is 2.23. The molecule has 0 spiro atoms. The second-order valence-electron chi connectivity index (χ2n) is 6.13. The number of benzene rings is 4. The number of hydrogen-bond acceptors (Lipinski definition) is 3. The molecule has 168 valence electrons. The second-order valence-corrected chi connectivity index (χ2v) is 7.38. The van der Waals surface area contributed by atoms with Gasteiger partial charge >= 0.3 is 0 Å². The molecule has 2 N–H and O–H groups in total. The zero-order valence-corrected chi connectivity index (χ0v) is 17.9. The van der Waals surface area contributed by atoms with Gasteiger partial charge in [0.15, 0.2) is 0 Å². The van der Waals surface area contributed by atoms with Gasteiger partial charge in [0.2, 0.25) is 0 Å². The van der Waals surface area contributed by atoms with Gasteiger partial charge in [-0.05, 0) is 120 Å². The number of hydrogen-bond donors (Lipinski definition) is 1. The molecular formula is C26H26F2INO2. The van der Waals surface area contributed by atoms with Crippen LogP contribution in [0.1, 0.15) is 14.9 Å². The Hall–Kier alpha value is -3.13. The maximum absolute atomic E-state index is 12.6. The molecule has 0 bridgehead atoms. The van der Waals surface area contributed by atoms with Gasteiger partial charge in [-0.1, -0.05) is 14.9 Å². The molecule has 0 saturated carbocycles. The van der Waals surface area contributed by atoms with Crippen molar-refractivity contribution in [3.63, 3.8) is 0 Å². The maximum atomic E-state index is 12.6. The summed E-state index contributed by atoms with van der Waals surface area (Å²) in [5, 5.41) is 0. The smallest absolute Gasteiger partial charge is 0.127 e. The van der Waals surface area contributed by atoms with E-state index in [1.54, 1.807) is 48.5 Å². The standard InChI is InChI=1S/C12H8FIO.C12H10FNO.2CH4/c2*13-9-1-5-11(6-2-9)15-12-7-3-10(14)4-8-12;;/h1-8H;1-8H,14H2;2*1H4. The van der Waals surface area contributed by atoms with Gasteiger partial charge in [0.25, 0.3) is 0 Å². The first-order chi connectivity index (χ1) is 14.5. The molecule has 0 aromatic heterocycles. The first-order valence-corrected chi connectivity index (χ1v) is 10.0. The van der Waals surface area contributed by atoms with Crippen LogP contribution in [-0.2, 0) is 0 Å². The van der Waals surface area contributed by atoms with Crippen LogP contribution in [0.3, 0.4) is 0 Å². The molecule has 6 heteroatoms. The zero-order chi connectivity index (χ0) is 21.3. The van der Waals surface area contributed by atoms with E-state index in [-0.39, 0.29) is 26.5 Å². The molecule has 4 aromatic rings. The summed E-state index contributed by atoms with van der Waals surface area (Å²) < 4.78 is 37.4. The highest BCUT2D eigenvalue weighted by Crippen LogP contribution is 2.23. The average molecular weight is 549 g/mol. The zero-order valence-electron chi connectivity index (χ0n) is 15.8. The van der Waals surface area contributed by atoms with E-state index in [0.717, 1.165) is 9.32 Å². The predicted octanol–water partition coefficient (Wildman–Crippen LogP) is 8.70. The summed E-state index contributed by atoms with van der Waals surface area (Å²) in [6.45, 7) is 0. The van der Waals surface area contributed by atoms with Gasteiger partial charge in [0.1, 0.15) is 34.6 Å². The number of nitrogen functional groups attached to an aromatic ring is 1. The van der Waals surface area contributed by atoms with Crippen molar-refractivity contribution in [2.24, 2.45) is 0 Å². The first kappa shape index (κ1) is 26.9. The molecule has 0 aliphatic heterocycles. The van der Waals surface area contributed by atoms with Crippen molar-refractivity contribution in [2.45, 2.75) is 14.9 Å². The van der Waals surface area contributed by atoms with Crippen molar-refractivity contribution in [2.75, 3.05) is 5.73 Å². The van der Waals surface area contributed by atoms with Crippen LogP contribution in [0.25, 0.3) is 0 Å². The van der Waals surface area contributed by atoms with Gasteiger partial charge in [-0.25, -0.2) is 8.78 Å². The van der Waals surface area contributed by atoms with E-state index in [0.29, 0.717) is 22.9 Å². The van der Waals surface area contributed by atoms with E-state index in [9.17, 15) is 8.78 Å². The lowest BCUT2D eigenvalue weighted by atomic mass is 10.3. The minimum Gasteiger partial charge on any atom is -0.457 e. The van der Waals surface area contributed by atoms with Gasteiger partial charge in [0, 0.05) is 9.26 Å². The first-order valence-electron chi connectivity index (χ1n) is 8.96. The van der Waals surface area contributed by atoms with E-state index in [2.05, 4.69) is 22.6 Å². The Morgan fingerprint density at radius 3 is 1.12 bits per heavy atom. The van der Waals surface area contributed by atoms with Crippen LogP contribution < -0.4 is 15.2 Å². The summed E-state index contributed by atoms with van der Waals surface area (Å²) in [6.07, 6.45) is 0. The summed E-state index contributed by atoms with van der Waals surface area (Å²) in [5.41, 5.74) is 6.22. The molecule has 0 aliphatic carbocycles. The highest BCUT2D eigenvalue weighted by Gasteiger charge is 1.98. The second kappa shape index (κ2) is 13.3. The van der Waals surface area contributed by atoms with E-state index >= 15 is 0 Å². The van der Waals surface area contributed by atoms with Crippen molar-refractivity contribution in [3.05, 3.63) is 112 Å². The van der Waals surface area contributed by atoms with Crippen LogP contribution in [0.2, 0.25) is 0 Å². The molecule has 0 fully saturated rings. The average Bonchev–Trinajstić information content (AvgIpc) is 2.75. The van der Waals surface area contributed by atoms with Gasteiger partial charge in [0.05, 0.1) is 0 Å². The number of anilines is 1. The van der Waals surface area contributed by atoms with Crippen LogP contribution in [0, 0.1) is 15.2 Å². The van der Waals surface area contributed by atoms with Crippen LogP contribution in [0.15, 0.2) is 97.1 Å². The molecule has 4 rings (SSSR count). The van der Waals surface area contributed by atoms with Crippen molar-refractivity contribution >= 4 is 28.3 Å². The van der Waals surface area contributed by atoms with Crippen molar-refractivity contribution < 1.29 is 18.3 Å². The van der Waals surface area contributed by atoms with Gasteiger partial charge < -0.3 is 15.2 Å². The fourth-order valence-electron chi connectivity index (χ4n) is 2.32. The Morgan fingerprint density at radius 1 is 0.500 bits per heavy atom. The summed E-state index contributed by atoms with van der Waals surface area (Å²) in [4.78, 5) is 0. The summed E-state index contributed by atoms with van der Waals surface area (Å²) in [6, 6.07) is 26.5. The fourth-order valence-corrected chi connectivity index (χ4v) is 2.68. The third-order valence-corrected chi connectivity index (χ3v) is 4.51. The predicted molar refractivity (Wildman–Crippen MR) is 136 cm³/mol. The molecule has 0 aliphatic rings. The Labute approximate surface area is 202 Å². The minimum atomic E-state index is -0.278. The molecule has 3 nitrogen and oxygen atoms in total. The molecule has 0 saturated heterocycles. The van der Waals surface area contributed by atoms with Crippen LogP contribution >= 0.6 is 22.6 Å². The Bertz CT molecular complexity index is 877. The van der Waals surface area contributed by atoms with Crippen molar-refractivity contribution in [3.8, 4) is 23.0 Å². The van der Waals surface area contributed by atoms with Crippen LogP contribution in [0.5, 0.6) is 23.0 Å². The van der Waals surface area contributed by atoms with E-state index in [4.69, 9.17) is 15.2 Å². The molecule has 0 amide bonds. The molecule has 32 heavy (non-hydrogen) atoms. The fraction of sp³-hybridized carbons (Fsp3) is 0.0769. The number of ether oxygens (including phenoxy) is 2. The van der Waals surface area contributed by atoms with Crippen molar-refractivity contribution in [1.82, 2.24) is 0 Å². The van der Waals surface area contributed by atoms with Gasteiger partial charge in [-0.3, -0.25) is 0 Å². The maximum Gasteiger partial charge on any atom is 0.127 e. The Kier molecular flexibility index (Phi) is 11.2. The largest absolute Gasteiger partial charge is 0.457 e.